The maximum Gasteiger partial charge on any atom is 0.0836 e. The Bertz CT molecular complexity index is 276. The van der Waals surface area contributed by atoms with Crippen LogP contribution in [0.15, 0.2) is 28.7 Å². The molecule has 0 heterocycles. The fourth-order valence-electron chi connectivity index (χ4n) is 1.19. The van der Waals surface area contributed by atoms with Gasteiger partial charge in [-0.1, -0.05) is 15.9 Å². The number of likely N-dealkylation sites (N-methyl/N-ethyl adjacent to an activating group) is 1. The van der Waals surface area contributed by atoms with E-state index < -0.39 is 6.10 Å². The van der Waals surface area contributed by atoms with Crippen LogP contribution in [0.3, 0.4) is 0 Å². The predicted octanol–water partition coefficient (Wildman–Crippen LogP) is 1.20. The Hall–Kier alpha value is -0.580. The van der Waals surface area contributed by atoms with E-state index in [9.17, 15) is 5.11 Å². The van der Waals surface area contributed by atoms with Crippen LogP contribution in [0.1, 0.15) is 0 Å². The number of aliphatic hydroxyl groups excluding tert-OH is 1. The summed E-state index contributed by atoms with van der Waals surface area (Å²) >= 11 is 3.37. The molecule has 1 atom stereocenters. The average Bonchev–Trinajstić information content (AvgIpc) is 2.18. The lowest BCUT2D eigenvalue weighted by atomic mass is 10.2. The van der Waals surface area contributed by atoms with Crippen LogP contribution in [-0.4, -0.2) is 31.3 Å². The van der Waals surface area contributed by atoms with Gasteiger partial charge in [-0.05, 0) is 24.3 Å². The molecule has 0 fully saturated rings. The van der Waals surface area contributed by atoms with Crippen molar-refractivity contribution in [2.75, 3.05) is 25.0 Å². The zero-order valence-corrected chi connectivity index (χ0v) is 9.74. The van der Waals surface area contributed by atoms with Gasteiger partial charge < -0.3 is 15.7 Å². The SMILES string of the molecule is CN(CC(O)CN)c1ccc(Br)cc1. The fourth-order valence-corrected chi connectivity index (χ4v) is 1.46. The summed E-state index contributed by atoms with van der Waals surface area (Å²) in [6.45, 7) is 0.846. The average molecular weight is 259 g/mol. The van der Waals surface area contributed by atoms with Crippen LogP contribution in [0.25, 0.3) is 0 Å². The Morgan fingerprint density at radius 3 is 2.50 bits per heavy atom. The first kappa shape index (κ1) is 11.5. The van der Waals surface area contributed by atoms with Gasteiger partial charge in [-0.2, -0.15) is 0 Å². The van der Waals surface area contributed by atoms with Crippen molar-refractivity contribution in [1.82, 2.24) is 0 Å². The molecular weight excluding hydrogens is 244 g/mol. The Morgan fingerprint density at radius 2 is 2.00 bits per heavy atom. The molecule has 0 aromatic heterocycles. The van der Waals surface area contributed by atoms with Crippen molar-refractivity contribution in [1.29, 1.82) is 0 Å². The summed E-state index contributed by atoms with van der Waals surface area (Å²) in [5.41, 5.74) is 6.41. The fraction of sp³-hybridized carbons (Fsp3) is 0.400. The second-order valence-corrected chi connectivity index (χ2v) is 4.16. The van der Waals surface area contributed by atoms with Gasteiger partial charge in [0.2, 0.25) is 0 Å². The van der Waals surface area contributed by atoms with Gasteiger partial charge in [0.1, 0.15) is 0 Å². The number of hydrogen-bond donors (Lipinski definition) is 2. The largest absolute Gasteiger partial charge is 0.390 e. The van der Waals surface area contributed by atoms with E-state index in [2.05, 4.69) is 15.9 Å². The number of aliphatic hydroxyl groups is 1. The van der Waals surface area contributed by atoms with Crippen molar-refractivity contribution in [3.05, 3.63) is 28.7 Å². The van der Waals surface area contributed by atoms with E-state index in [-0.39, 0.29) is 0 Å². The standard InChI is InChI=1S/C10H15BrN2O/c1-13(7-10(14)6-12)9-4-2-8(11)3-5-9/h2-5,10,14H,6-7,12H2,1H3. The van der Waals surface area contributed by atoms with Crippen LogP contribution in [0.5, 0.6) is 0 Å². The number of halogens is 1. The molecule has 0 radical (unpaired) electrons. The molecule has 0 bridgehead atoms. The van der Waals surface area contributed by atoms with Gasteiger partial charge in [-0.3, -0.25) is 0 Å². The molecule has 0 aliphatic heterocycles. The lowest BCUT2D eigenvalue weighted by Gasteiger charge is -2.21. The van der Waals surface area contributed by atoms with Gasteiger partial charge >= 0.3 is 0 Å². The van der Waals surface area contributed by atoms with E-state index in [4.69, 9.17) is 5.73 Å². The molecule has 0 amide bonds. The molecule has 3 N–H and O–H groups in total. The van der Waals surface area contributed by atoms with E-state index in [0.29, 0.717) is 13.1 Å². The summed E-state index contributed by atoms with van der Waals surface area (Å²) in [6.07, 6.45) is -0.469. The third kappa shape index (κ3) is 3.29. The molecule has 78 valence electrons. The molecule has 0 saturated heterocycles. The van der Waals surface area contributed by atoms with Crippen molar-refractivity contribution in [3.63, 3.8) is 0 Å². The van der Waals surface area contributed by atoms with Crippen molar-refractivity contribution < 1.29 is 5.11 Å². The van der Waals surface area contributed by atoms with E-state index in [1.165, 1.54) is 0 Å². The first-order chi connectivity index (χ1) is 6.63. The number of hydrogen-bond acceptors (Lipinski definition) is 3. The first-order valence-electron chi connectivity index (χ1n) is 4.48. The molecule has 1 aromatic rings. The molecule has 1 rings (SSSR count). The number of rotatable bonds is 4. The van der Waals surface area contributed by atoms with Gasteiger partial charge in [0.15, 0.2) is 0 Å². The highest BCUT2D eigenvalue weighted by Gasteiger charge is 2.06. The lowest BCUT2D eigenvalue weighted by Crippen LogP contribution is -2.34. The Balaban J connectivity index is 2.60. The zero-order chi connectivity index (χ0) is 10.6. The van der Waals surface area contributed by atoms with Crippen molar-refractivity contribution in [3.8, 4) is 0 Å². The maximum atomic E-state index is 9.37. The predicted molar refractivity (Wildman–Crippen MR) is 62.5 cm³/mol. The van der Waals surface area contributed by atoms with Crippen LogP contribution < -0.4 is 10.6 Å². The molecule has 1 unspecified atom stereocenters. The van der Waals surface area contributed by atoms with Gasteiger partial charge in [0.05, 0.1) is 6.10 Å². The zero-order valence-electron chi connectivity index (χ0n) is 8.15. The summed E-state index contributed by atoms with van der Waals surface area (Å²) in [4.78, 5) is 1.98. The minimum absolute atomic E-state index is 0.293. The van der Waals surface area contributed by atoms with Crippen LogP contribution >= 0.6 is 15.9 Å². The normalized spacial score (nSPS) is 12.6. The van der Waals surface area contributed by atoms with E-state index in [1.807, 2.05) is 36.2 Å². The molecular formula is C10H15BrN2O. The number of nitrogens with two attached hydrogens (primary N) is 1. The summed E-state index contributed by atoms with van der Waals surface area (Å²) in [5.74, 6) is 0. The third-order valence-corrected chi connectivity index (χ3v) is 2.55. The Morgan fingerprint density at radius 1 is 1.43 bits per heavy atom. The lowest BCUT2D eigenvalue weighted by molar-refractivity contribution is 0.189. The maximum absolute atomic E-state index is 9.37. The Labute approximate surface area is 92.7 Å². The summed E-state index contributed by atoms with van der Waals surface area (Å²) in [7, 11) is 1.93. The highest BCUT2D eigenvalue weighted by atomic mass is 79.9. The molecule has 14 heavy (non-hydrogen) atoms. The minimum Gasteiger partial charge on any atom is -0.390 e. The second kappa shape index (κ2) is 5.34. The van der Waals surface area contributed by atoms with E-state index in [1.54, 1.807) is 0 Å². The molecule has 0 aliphatic carbocycles. The third-order valence-electron chi connectivity index (χ3n) is 2.02. The Kier molecular flexibility index (Phi) is 4.38. The topological polar surface area (TPSA) is 49.5 Å². The molecule has 0 spiro atoms. The highest BCUT2D eigenvalue weighted by Crippen LogP contribution is 2.17. The molecule has 3 nitrogen and oxygen atoms in total. The van der Waals surface area contributed by atoms with Crippen LogP contribution in [-0.2, 0) is 0 Å². The van der Waals surface area contributed by atoms with Gasteiger partial charge in [0, 0.05) is 30.3 Å². The van der Waals surface area contributed by atoms with Crippen molar-refractivity contribution >= 4 is 21.6 Å². The number of anilines is 1. The molecule has 4 heteroatoms. The van der Waals surface area contributed by atoms with E-state index in [0.717, 1.165) is 10.2 Å². The van der Waals surface area contributed by atoms with Crippen LogP contribution in [0.2, 0.25) is 0 Å². The van der Waals surface area contributed by atoms with Crippen LogP contribution in [0, 0.1) is 0 Å². The molecule has 0 aliphatic rings. The molecule has 0 saturated carbocycles. The van der Waals surface area contributed by atoms with Crippen molar-refractivity contribution in [2.24, 2.45) is 5.73 Å². The number of benzene rings is 1. The van der Waals surface area contributed by atoms with Crippen molar-refractivity contribution in [2.45, 2.75) is 6.10 Å². The summed E-state index contributed by atoms with van der Waals surface area (Å²) in [5, 5.41) is 9.37. The first-order valence-corrected chi connectivity index (χ1v) is 5.27. The van der Waals surface area contributed by atoms with Gasteiger partial charge in [-0.15, -0.1) is 0 Å². The second-order valence-electron chi connectivity index (χ2n) is 3.25. The van der Waals surface area contributed by atoms with E-state index >= 15 is 0 Å². The monoisotopic (exact) mass is 258 g/mol. The summed E-state index contributed by atoms with van der Waals surface area (Å²) in [6, 6.07) is 7.93. The number of nitrogens with zero attached hydrogens (tertiary/aromatic N) is 1. The quantitative estimate of drug-likeness (QED) is 0.854. The summed E-state index contributed by atoms with van der Waals surface area (Å²) < 4.78 is 1.05. The van der Waals surface area contributed by atoms with Gasteiger partial charge in [-0.25, -0.2) is 0 Å². The molecule has 1 aromatic carbocycles. The van der Waals surface area contributed by atoms with Crippen LogP contribution in [0.4, 0.5) is 5.69 Å². The highest BCUT2D eigenvalue weighted by molar-refractivity contribution is 9.10. The minimum atomic E-state index is -0.469. The van der Waals surface area contributed by atoms with Gasteiger partial charge in [0.25, 0.3) is 0 Å². The smallest absolute Gasteiger partial charge is 0.0836 e.